The predicted octanol–water partition coefficient (Wildman–Crippen LogP) is 2.15. The molecule has 2 heterocycles. The Labute approximate surface area is 122 Å². The van der Waals surface area contributed by atoms with Crippen molar-refractivity contribution in [1.82, 2.24) is 14.9 Å². The van der Waals surface area contributed by atoms with Crippen molar-refractivity contribution in [2.45, 2.75) is 20.0 Å². The molecular weight excluding hydrogens is 266 g/mol. The molecule has 0 fully saturated rings. The average molecular weight is 283 g/mol. The first-order valence-corrected chi connectivity index (χ1v) is 7.00. The summed E-state index contributed by atoms with van der Waals surface area (Å²) >= 11 is 0. The molecule has 3 rings (SSSR count). The highest BCUT2D eigenvalue weighted by Crippen LogP contribution is 2.10. The molecule has 0 bridgehead atoms. The third-order valence-electron chi connectivity index (χ3n) is 3.32. The number of hydrogen-bond donors (Lipinski definition) is 1. The third kappa shape index (κ3) is 2.87. The fourth-order valence-electron chi connectivity index (χ4n) is 2.24. The van der Waals surface area contributed by atoms with Gasteiger partial charge in [-0.2, -0.15) is 0 Å². The zero-order valence-corrected chi connectivity index (χ0v) is 11.9. The van der Waals surface area contributed by atoms with Crippen LogP contribution >= 0.6 is 0 Å². The Hall–Kier alpha value is -2.40. The van der Waals surface area contributed by atoms with Gasteiger partial charge >= 0.3 is 0 Å². The fraction of sp³-hybridized carbons (Fsp3) is 0.250. The van der Waals surface area contributed by atoms with Crippen LogP contribution < -0.4 is 10.9 Å². The van der Waals surface area contributed by atoms with Gasteiger partial charge in [0.2, 0.25) is 0 Å². The Morgan fingerprint density at radius 1 is 1.19 bits per heavy atom. The second-order valence-electron chi connectivity index (χ2n) is 4.84. The van der Waals surface area contributed by atoms with E-state index >= 15 is 0 Å². The molecule has 0 saturated carbocycles. The summed E-state index contributed by atoms with van der Waals surface area (Å²) in [5.41, 5.74) is 0.663. The van der Waals surface area contributed by atoms with E-state index in [2.05, 4.69) is 10.3 Å². The Bertz CT molecular complexity index is 804. The van der Waals surface area contributed by atoms with E-state index in [1.807, 2.05) is 37.3 Å². The molecule has 5 nitrogen and oxygen atoms in total. The van der Waals surface area contributed by atoms with Crippen LogP contribution in [0.3, 0.4) is 0 Å². The Kier molecular flexibility index (Phi) is 3.83. The van der Waals surface area contributed by atoms with Crippen molar-refractivity contribution in [1.29, 1.82) is 0 Å². The lowest BCUT2D eigenvalue weighted by Gasteiger charge is -2.04. The van der Waals surface area contributed by atoms with Crippen LogP contribution in [0.1, 0.15) is 18.4 Å². The molecule has 1 aromatic carbocycles. The minimum atomic E-state index is -0.0507. The van der Waals surface area contributed by atoms with E-state index in [1.165, 1.54) is 0 Å². The molecule has 108 valence electrons. The Morgan fingerprint density at radius 2 is 2.00 bits per heavy atom. The summed E-state index contributed by atoms with van der Waals surface area (Å²) in [5.74, 6) is 1.62. The van der Waals surface area contributed by atoms with Crippen LogP contribution in [0, 0.1) is 0 Å². The number of furan rings is 1. The Morgan fingerprint density at radius 3 is 2.86 bits per heavy atom. The van der Waals surface area contributed by atoms with Gasteiger partial charge in [0.05, 0.1) is 30.3 Å². The van der Waals surface area contributed by atoms with E-state index in [0.717, 1.165) is 18.1 Å². The quantitative estimate of drug-likeness (QED) is 0.779. The van der Waals surface area contributed by atoms with Crippen molar-refractivity contribution in [3.63, 3.8) is 0 Å². The van der Waals surface area contributed by atoms with Gasteiger partial charge in [-0.25, -0.2) is 4.98 Å². The van der Waals surface area contributed by atoms with E-state index < -0.39 is 0 Å². The van der Waals surface area contributed by atoms with Gasteiger partial charge in [-0.05, 0) is 30.8 Å². The molecule has 0 saturated heterocycles. The van der Waals surface area contributed by atoms with E-state index in [4.69, 9.17) is 4.42 Å². The molecule has 1 N–H and O–H groups in total. The summed E-state index contributed by atoms with van der Waals surface area (Å²) < 4.78 is 7.27. The van der Waals surface area contributed by atoms with E-state index in [1.54, 1.807) is 17.0 Å². The van der Waals surface area contributed by atoms with Crippen LogP contribution in [0.4, 0.5) is 0 Å². The van der Waals surface area contributed by atoms with E-state index in [0.29, 0.717) is 24.0 Å². The number of nitrogens with zero attached hydrogens (tertiary/aromatic N) is 2. The standard InChI is InChI=1S/C16H17N3O2/c1-2-17-9-12-7-8-13(21-12)10-19-11-18-15-6-4-3-5-14(15)16(19)20/h3-8,11,17H,2,9-10H2,1H3. The molecule has 3 aromatic rings. The highest BCUT2D eigenvalue weighted by atomic mass is 16.3. The normalized spacial score (nSPS) is 11.1. The molecule has 0 amide bonds. The number of nitrogens with one attached hydrogen (secondary N) is 1. The highest BCUT2D eigenvalue weighted by molar-refractivity contribution is 5.76. The summed E-state index contributed by atoms with van der Waals surface area (Å²) in [7, 11) is 0. The van der Waals surface area contributed by atoms with Gasteiger partial charge in [0.15, 0.2) is 0 Å². The van der Waals surface area contributed by atoms with E-state index in [9.17, 15) is 4.79 Å². The molecule has 0 aliphatic rings. The van der Waals surface area contributed by atoms with Crippen LogP contribution in [0.25, 0.3) is 10.9 Å². The molecule has 2 aromatic heterocycles. The minimum Gasteiger partial charge on any atom is -0.463 e. The first-order valence-electron chi connectivity index (χ1n) is 7.00. The van der Waals surface area contributed by atoms with Crippen molar-refractivity contribution in [2.24, 2.45) is 0 Å². The first-order chi connectivity index (χ1) is 10.3. The van der Waals surface area contributed by atoms with Gasteiger partial charge in [-0.1, -0.05) is 19.1 Å². The molecule has 0 spiro atoms. The van der Waals surface area contributed by atoms with Crippen LogP contribution in [-0.2, 0) is 13.1 Å². The van der Waals surface area contributed by atoms with Crippen molar-refractivity contribution >= 4 is 10.9 Å². The zero-order valence-electron chi connectivity index (χ0n) is 11.9. The Balaban J connectivity index is 1.86. The van der Waals surface area contributed by atoms with Crippen molar-refractivity contribution < 1.29 is 4.42 Å². The van der Waals surface area contributed by atoms with Crippen molar-refractivity contribution in [2.75, 3.05) is 6.54 Å². The third-order valence-corrected chi connectivity index (χ3v) is 3.32. The molecular formula is C16H17N3O2. The average Bonchev–Trinajstić information content (AvgIpc) is 2.96. The first kappa shape index (κ1) is 13.6. The fourth-order valence-corrected chi connectivity index (χ4v) is 2.24. The number of para-hydroxylation sites is 1. The SMILES string of the molecule is CCNCc1ccc(Cn2cnc3ccccc3c2=O)o1. The van der Waals surface area contributed by atoms with Gasteiger partial charge in [0, 0.05) is 0 Å². The monoisotopic (exact) mass is 283 g/mol. The molecule has 0 aliphatic carbocycles. The lowest BCUT2D eigenvalue weighted by Crippen LogP contribution is -2.20. The number of hydrogen-bond acceptors (Lipinski definition) is 4. The lowest BCUT2D eigenvalue weighted by atomic mass is 10.2. The summed E-state index contributed by atoms with van der Waals surface area (Å²) in [6, 6.07) is 11.2. The lowest BCUT2D eigenvalue weighted by molar-refractivity contribution is 0.437. The van der Waals surface area contributed by atoms with Gasteiger partial charge < -0.3 is 9.73 Å². The smallest absolute Gasteiger partial charge is 0.261 e. The molecule has 21 heavy (non-hydrogen) atoms. The summed E-state index contributed by atoms with van der Waals surface area (Å²) in [6.07, 6.45) is 1.57. The maximum absolute atomic E-state index is 12.4. The largest absolute Gasteiger partial charge is 0.463 e. The van der Waals surface area contributed by atoms with Crippen LogP contribution in [0.15, 0.2) is 51.9 Å². The number of aromatic nitrogens is 2. The molecule has 0 radical (unpaired) electrons. The molecule has 0 atom stereocenters. The number of rotatable bonds is 5. The van der Waals surface area contributed by atoms with Crippen molar-refractivity contribution in [3.05, 3.63) is 64.6 Å². The van der Waals surface area contributed by atoms with Gasteiger partial charge in [0.1, 0.15) is 11.5 Å². The predicted molar refractivity (Wildman–Crippen MR) is 81.2 cm³/mol. The number of benzene rings is 1. The van der Waals surface area contributed by atoms with Crippen molar-refractivity contribution in [3.8, 4) is 0 Å². The van der Waals surface area contributed by atoms with Gasteiger partial charge in [-0.15, -0.1) is 0 Å². The van der Waals surface area contributed by atoms with Gasteiger partial charge in [0.25, 0.3) is 5.56 Å². The molecule has 0 aliphatic heterocycles. The maximum atomic E-state index is 12.4. The summed E-state index contributed by atoms with van der Waals surface area (Å²) in [5, 5.41) is 3.83. The van der Waals surface area contributed by atoms with Crippen LogP contribution in [-0.4, -0.2) is 16.1 Å². The molecule has 5 heteroatoms. The number of fused-ring (bicyclic) bond motifs is 1. The zero-order chi connectivity index (χ0) is 14.7. The summed E-state index contributed by atoms with van der Waals surface area (Å²) in [4.78, 5) is 16.7. The minimum absolute atomic E-state index is 0.0507. The molecule has 0 unspecified atom stereocenters. The van der Waals surface area contributed by atoms with E-state index in [-0.39, 0.29) is 5.56 Å². The summed E-state index contributed by atoms with van der Waals surface area (Å²) in [6.45, 7) is 4.03. The van der Waals surface area contributed by atoms with Crippen LogP contribution in [0.2, 0.25) is 0 Å². The topological polar surface area (TPSA) is 60.1 Å². The van der Waals surface area contributed by atoms with Crippen LogP contribution in [0.5, 0.6) is 0 Å². The maximum Gasteiger partial charge on any atom is 0.261 e. The second-order valence-corrected chi connectivity index (χ2v) is 4.84. The second kappa shape index (κ2) is 5.93. The van der Waals surface area contributed by atoms with Gasteiger partial charge in [-0.3, -0.25) is 9.36 Å². The highest BCUT2D eigenvalue weighted by Gasteiger charge is 2.07.